The summed E-state index contributed by atoms with van der Waals surface area (Å²) in [4.78, 5) is 0. The Morgan fingerprint density at radius 2 is 1.48 bits per heavy atom. The van der Waals surface area contributed by atoms with E-state index in [0.717, 1.165) is 15.7 Å². The Kier molecular flexibility index (Phi) is 3.96. The van der Waals surface area contributed by atoms with Crippen LogP contribution in [0.25, 0.3) is 58.4 Å². The van der Waals surface area contributed by atoms with Gasteiger partial charge >= 0.3 is 0 Å². The van der Waals surface area contributed by atoms with Crippen molar-refractivity contribution in [2.24, 2.45) is 0 Å². The van der Waals surface area contributed by atoms with E-state index in [1.54, 1.807) is 0 Å². The maximum absolute atomic E-state index is 9.29. The Morgan fingerprint density at radius 1 is 0.758 bits per heavy atom. The maximum Gasteiger partial charge on any atom is 0.0991 e. The van der Waals surface area contributed by atoms with Crippen molar-refractivity contribution in [3.05, 3.63) is 101 Å². The van der Waals surface area contributed by atoms with E-state index in [1.165, 1.54) is 47.2 Å². The lowest BCUT2D eigenvalue weighted by Gasteiger charge is -2.10. The molecule has 2 aromatic heterocycles. The Morgan fingerprint density at radius 3 is 2.27 bits per heavy atom. The molecule has 0 aliphatic carbocycles. The molecule has 0 amide bonds. The number of nitrogens with zero attached hydrogens (tertiary/aromatic N) is 2. The van der Waals surface area contributed by atoms with E-state index in [4.69, 9.17) is 0 Å². The monoisotopic (exact) mass is 502 g/mol. The van der Waals surface area contributed by atoms with E-state index < -0.39 is 0 Å². The van der Waals surface area contributed by atoms with Crippen LogP contribution in [0.4, 0.5) is 0 Å². The second kappa shape index (κ2) is 6.92. The lowest BCUT2D eigenvalue weighted by molar-refractivity contribution is 1.18. The summed E-state index contributed by atoms with van der Waals surface area (Å²) in [5, 5.41) is 16.8. The van der Waals surface area contributed by atoms with Gasteiger partial charge in [0.2, 0.25) is 0 Å². The number of fused-ring (bicyclic) bond motifs is 8. The molecule has 0 saturated carbocycles. The summed E-state index contributed by atoms with van der Waals surface area (Å²) in [6.45, 7) is 0. The number of rotatable bonds is 1. The molecule has 4 heteroatoms. The Hall–Kier alpha value is -3.65. The fraction of sp³-hybridized carbons (Fsp3) is 0. The highest BCUT2D eigenvalue weighted by atomic mass is 79.9. The smallest absolute Gasteiger partial charge is 0.0991 e. The van der Waals surface area contributed by atoms with Crippen LogP contribution in [0.2, 0.25) is 0 Å². The first-order valence-corrected chi connectivity index (χ1v) is 12.3. The van der Waals surface area contributed by atoms with Crippen molar-refractivity contribution < 1.29 is 0 Å². The number of halogens is 1. The molecule has 0 unspecified atom stereocenters. The standard InChI is InChI=1S/C29H15BrN2S/c30-24-15-22-21-7-3-4-8-25(21)32(20-11-9-17(16-31)10-12-20)28(22)27-23-13-18-5-1-2-6-19(18)14-26(23)33-29(24)27/h1-15H. The molecule has 0 saturated heterocycles. The first kappa shape index (κ1) is 18.9. The normalized spacial score (nSPS) is 11.8. The average molecular weight is 503 g/mol. The second-order valence-electron chi connectivity index (χ2n) is 8.27. The van der Waals surface area contributed by atoms with Gasteiger partial charge in [-0.3, -0.25) is 0 Å². The van der Waals surface area contributed by atoms with Gasteiger partial charge in [0, 0.05) is 36.4 Å². The van der Waals surface area contributed by atoms with Crippen molar-refractivity contribution in [2.45, 2.75) is 0 Å². The molecule has 2 heterocycles. The molecule has 33 heavy (non-hydrogen) atoms. The van der Waals surface area contributed by atoms with Crippen LogP contribution in [0.3, 0.4) is 0 Å². The summed E-state index contributed by atoms with van der Waals surface area (Å²) in [5.74, 6) is 0. The van der Waals surface area contributed by atoms with Gasteiger partial charge in [0.05, 0.1) is 27.4 Å². The molecule has 5 aromatic carbocycles. The summed E-state index contributed by atoms with van der Waals surface area (Å²) in [5.41, 5.74) is 4.10. The van der Waals surface area contributed by atoms with Crippen LogP contribution in [0, 0.1) is 11.3 Å². The van der Waals surface area contributed by atoms with E-state index in [-0.39, 0.29) is 0 Å². The fourth-order valence-corrected chi connectivity index (χ4v) is 6.80. The molecule has 0 bridgehead atoms. The quantitative estimate of drug-likeness (QED) is 0.220. The molecular formula is C29H15BrN2S. The third-order valence-electron chi connectivity index (χ3n) is 6.45. The maximum atomic E-state index is 9.29. The number of hydrogen-bond acceptors (Lipinski definition) is 2. The van der Waals surface area contributed by atoms with Crippen LogP contribution in [0.1, 0.15) is 5.56 Å². The van der Waals surface area contributed by atoms with E-state index in [9.17, 15) is 5.26 Å². The van der Waals surface area contributed by atoms with E-state index >= 15 is 0 Å². The SMILES string of the molecule is N#Cc1ccc(-n2c3ccccc3c3cc(Br)c4sc5cc6ccccc6cc5c4c32)cc1. The molecule has 0 aliphatic heterocycles. The number of benzene rings is 5. The zero-order valence-corrected chi connectivity index (χ0v) is 19.7. The van der Waals surface area contributed by atoms with Gasteiger partial charge in [-0.25, -0.2) is 0 Å². The van der Waals surface area contributed by atoms with Gasteiger partial charge in [-0.1, -0.05) is 42.5 Å². The van der Waals surface area contributed by atoms with Gasteiger partial charge in [-0.05, 0) is 75.2 Å². The molecule has 0 aliphatic rings. The van der Waals surface area contributed by atoms with Gasteiger partial charge < -0.3 is 4.57 Å². The van der Waals surface area contributed by atoms with Crippen LogP contribution in [0.15, 0.2) is 95.5 Å². The summed E-state index contributed by atoms with van der Waals surface area (Å²) >= 11 is 5.72. The first-order valence-electron chi connectivity index (χ1n) is 10.7. The molecule has 0 fully saturated rings. The highest BCUT2D eigenvalue weighted by molar-refractivity contribution is 9.10. The molecule has 2 nitrogen and oxygen atoms in total. The zero-order valence-electron chi connectivity index (χ0n) is 17.3. The minimum absolute atomic E-state index is 0.667. The molecule has 0 spiro atoms. The number of nitriles is 1. The predicted molar refractivity (Wildman–Crippen MR) is 144 cm³/mol. The molecule has 0 atom stereocenters. The van der Waals surface area contributed by atoms with Gasteiger partial charge in [-0.2, -0.15) is 5.26 Å². The lowest BCUT2D eigenvalue weighted by atomic mass is 10.0. The third-order valence-corrected chi connectivity index (χ3v) is 8.52. The van der Waals surface area contributed by atoms with Crippen LogP contribution in [-0.4, -0.2) is 4.57 Å². The van der Waals surface area contributed by atoms with Gasteiger partial charge in [0.15, 0.2) is 0 Å². The van der Waals surface area contributed by atoms with Crippen LogP contribution < -0.4 is 0 Å². The Bertz CT molecular complexity index is 1940. The highest BCUT2D eigenvalue weighted by Gasteiger charge is 2.20. The van der Waals surface area contributed by atoms with Crippen molar-refractivity contribution in [3.8, 4) is 11.8 Å². The number of hydrogen-bond donors (Lipinski definition) is 0. The van der Waals surface area contributed by atoms with Crippen LogP contribution in [-0.2, 0) is 0 Å². The molecule has 7 rings (SSSR count). The molecule has 0 N–H and O–H groups in total. The summed E-state index contributed by atoms with van der Waals surface area (Å²) in [7, 11) is 0. The van der Waals surface area contributed by atoms with Gasteiger partial charge in [0.25, 0.3) is 0 Å². The summed E-state index contributed by atoms with van der Waals surface area (Å²) in [6, 6.07) is 34.1. The molecule has 7 aromatic rings. The van der Waals surface area contributed by atoms with E-state index in [1.807, 2.05) is 35.6 Å². The highest BCUT2D eigenvalue weighted by Crippen LogP contribution is 2.47. The van der Waals surface area contributed by atoms with Gasteiger partial charge in [-0.15, -0.1) is 11.3 Å². The number of aromatic nitrogens is 1. The molecular weight excluding hydrogens is 488 g/mol. The summed E-state index contributed by atoms with van der Waals surface area (Å²) in [6.07, 6.45) is 0. The molecule has 0 radical (unpaired) electrons. The number of para-hydroxylation sites is 1. The van der Waals surface area contributed by atoms with Crippen molar-refractivity contribution in [1.29, 1.82) is 5.26 Å². The average Bonchev–Trinajstić information content (AvgIpc) is 3.38. The Labute approximate surface area is 202 Å². The Balaban J connectivity index is 1.74. The van der Waals surface area contributed by atoms with Gasteiger partial charge in [0.1, 0.15) is 0 Å². The predicted octanol–water partition coefficient (Wildman–Crippen LogP) is 8.94. The number of thiophene rings is 1. The van der Waals surface area contributed by atoms with Crippen LogP contribution in [0.5, 0.6) is 0 Å². The lowest BCUT2D eigenvalue weighted by Crippen LogP contribution is -1.94. The van der Waals surface area contributed by atoms with Crippen LogP contribution >= 0.6 is 27.3 Å². The first-order chi connectivity index (χ1) is 16.2. The van der Waals surface area contributed by atoms with Crippen molar-refractivity contribution in [3.63, 3.8) is 0 Å². The van der Waals surface area contributed by atoms with Crippen molar-refractivity contribution >= 4 is 80.0 Å². The van der Waals surface area contributed by atoms with Crippen molar-refractivity contribution in [1.82, 2.24) is 4.57 Å². The minimum Gasteiger partial charge on any atom is -0.309 e. The van der Waals surface area contributed by atoms with E-state index in [0.29, 0.717) is 5.56 Å². The second-order valence-corrected chi connectivity index (χ2v) is 10.2. The van der Waals surface area contributed by atoms with E-state index in [2.05, 4.69) is 93.3 Å². The zero-order chi connectivity index (χ0) is 22.1. The summed E-state index contributed by atoms with van der Waals surface area (Å²) < 4.78 is 6.01. The topological polar surface area (TPSA) is 28.7 Å². The largest absolute Gasteiger partial charge is 0.309 e. The minimum atomic E-state index is 0.667. The van der Waals surface area contributed by atoms with Crippen molar-refractivity contribution in [2.75, 3.05) is 0 Å². The molecule has 154 valence electrons. The third kappa shape index (κ3) is 2.64. The fourth-order valence-electron chi connectivity index (χ4n) is 4.99.